The van der Waals surface area contributed by atoms with Crippen molar-refractivity contribution in [1.29, 1.82) is 0 Å². The van der Waals surface area contributed by atoms with Crippen LogP contribution in [0.15, 0.2) is 30.5 Å². The van der Waals surface area contributed by atoms with Crippen LogP contribution in [0.3, 0.4) is 0 Å². The lowest BCUT2D eigenvalue weighted by Crippen LogP contribution is -2.23. The van der Waals surface area contributed by atoms with Gasteiger partial charge in [0.25, 0.3) is 0 Å². The van der Waals surface area contributed by atoms with E-state index >= 15 is 0 Å². The molecule has 2 rings (SSSR count). The van der Waals surface area contributed by atoms with Gasteiger partial charge < -0.3 is 19.9 Å². The summed E-state index contributed by atoms with van der Waals surface area (Å²) in [5.41, 5.74) is 6.58. The van der Waals surface area contributed by atoms with Crippen LogP contribution >= 0.6 is 0 Å². The van der Waals surface area contributed by atoms with E-state index in [0.29, 0.717) is 13.2 Å². The van der Waals surface area contributed by atoms with Gasteiger partial charge in [-0.1, -0.05) is 18.2 Å². The molecule has 106 valence electrons. The largest absolute Gasteiger partial charge is 0.465 e. The number of nitrogens with two attached hydrogens (primary N) is 1. The Kier molecular flexibility index (Phi) is 6.02. The molecule has 0 radical (unpaired) electrons. The predicted octanol–water partition coefficient (Wildman–Crippen LogP) is 2.70. The molecule has 1 aliphatic heterocycles. The number of allylic oxidation sites excluding steroid dienone is 1. The zero-order valence-corrected chi connectivity index (χ0v) is 12.1. The van der Waals surface area contributed by atoms with Gasteiger partial charge in [-0.3, -0.25) is 0 Å². The van der Waals surface area contributed by atoms with Gasteiger partial charge in [0.05, 0.1) is 19.5 Å². The molecule has 0 saturated carbocycles. The van der Waals surface area contributed by atoms with Crippen LogP contribution in [0.2, 0.25) is 0 Å². The maximum atomic E-state index is 5.67. The summed E-state index contributed by atoms with van der Waals surface area (Å²) >= 11 is 0. The van der Waals surface area contributed by atoms with Crippen LogP contribution in [-0.4, -0.2) is 20.3 Å². The monoisotopic (exact) mass is 265 g/mol. The lowest BCUT2D eigenvalue weighted by atomic mass is 10.0. The first-order valence-electron chi connectivity index (χ1n) is 6.41. The van der Waals surface area contributed by atoms with Gasteiger partial charge in [0.15, 0.2) is 5.79 Å². The number of hydrogen-bond donors (Lipinski definition) is 1. The summed E-state index contributed by atoms with van der Waals surface area (Å²) in [4.78, 5) is 0. The molecule has 4 heteroatoms. The van der Waals surface area contributed by atoms with Crippen LogP contribution in [0.5, 0.6) is 5.75 Å². The topological polar surface area (TPSA) is 53.7 Å². The molecular formula is C15H23NO3. The van der Waals surface area contributed by atoms with Crippen LogP contribution in [0.25, 0.3) is 0 Å². The molecule has 0 bridgehead atoms. The molecule has 0 amide bonds. The van der Waals surface area contributed by atoms with Crippen LogP contribution in [-0.2, 0) is 15.3 Å². The van der Waals surface area contributed by atoms with Crippen molar-refractivity contribution in [1.82, 2.24) is 0 Å². The molecule has 1 fully saturated rings. The van der Waals surface area contributed by atoms with Crippen molar-refractivity contribution in [3.8, 4) is 5.75 Å². The lowest BCUT2D eigenvalue weighted by Gasteiger charge is -2.25. The van der Waals surface area contributed by atoms with E-state index in [1.165, 1.54) is 7.05 Å². The van der Waals surface area contributed by atoms with E-state index in [1.54, 1.807) is 6.26 Å². The Balaban J connectivity index is 0.000000861. The van der Waals surface area contributed by atoms with E-state index in [-0.39, 0.29) is 0 Å². The summed E-state index contributed by atoms with van der Waals surface area (Å²) in [6.45, 7) is 7.15. The first kappa shape index (κ1) is 15.7. The molecule has 1 saturated heterocycles. The zero-order chi connectivity index (χ0) is 14.3. The van der Waals surface area contributed by atoms with Crippen molar-refractivity contribution in [3.63, 3.8) is 0 Å². The summed E-state index contributed by atoms with van der Waals surface area (Å²) < 4.78 is 16.9. The van der Waals surface area contributed by atoms with E-state index in [4.69, 9.17) is 14.2 Å². The van der Waals surface area contributed by atoms with E-state index in [2.05, 4.69) is 5.73 Å². The molecule has 2 N–H and O–H groups in total. The van der Waals surface area contributed by atoms with Crippen molar-refractivity contribution in [2.24, 2.45) is 5.73 Å². The predicted molar refractivity (Wildman–Crippen MR) is 76.0 cm³/mol. The second kappa shape index (κ2) is 7.28. The van der Waals surface area contributed by atoms with Crippen LogP contribution in [0, 0.1) is 6.92 Å². The van der Waals surface area contributed by atoms with E-state index in [0.717, 1.165) is 16.9 Å². The molecule has 0 unspecified atom stereocenters. The van der Waals surface area contributed by atoms with Gasteiger partial charge in [0, 0.05) is 11.1 Å². The van der Waals surface area contributed by atoms with Gasteiger partial charge in [-0.2, -0.15) is 0 Å². The summed E-state index contributed by atoms with van der Waals surface area (Å²) in [6.07, 6.45) is 3.53. The number of hydrogen-bond acceptors (Lipinski definition) is 4. The lowest BCUT2D eigenvalue weighted by molar-refractivity contribution is -0.150. The van der Waals surface area contributed by atoms with Gasteiger partial charge in [0.2, 0.25) is 0 Å². The van der Waals surface area contributed by atoms with Gasteiger partial charge in [-0.05, 0) is 33.9 Å². The Morgan fingerprint density at radius 1 is 1.26 bits per heavy atom. The Hall–Kier alpha value is -1.36. The fourth-order valence-electron chi connectivity index (χ4n) is 2.05. The highest BCUT2D eigenvalue weighted by atomic mass is 16.7. The van der Waals surface area contributed by atoms with Gasteiger partial charge in [-0.15, -0.1) is 0 Å². The smallest absolute Gasteiger partial charge is 0.192 e. The average Bonchev–Trinajstić information content (AvgIpc) is 2.88. The summed E-state index contributed by atoms with van der Waals surface area (Å²) in [5, 5.41) is 0. The van der Waals surface area contributed by atoms with Crippen LogP contribution < -0.4 is 10.5 Å². The molecule has 0 atom stereocenters. The molecule has 0 aromatic heterocycles. The highest BCUT2D eigenvalue weighted by molar-refractivity contribution is 5.41. The quantitative estimate of drug-likeness (QED) is 0.854. The maximum Gasteiger partial charge on any atom is 0.192 e. The second-order valence-electron chi connectivity index (χ2n) is 4.16. The molecule has 4 nitrogen and oxygen atoms in total. The minimum atomic E-state index is -0.640. The van der Waals surface area contributed by atoms with Crippen molar-refractivity contribution in [3.05, 3.63) is 41.7 Å². The third-order valence-corrected chi connectivity index (χ3v) is 2.94. The van der Waals surface area contributed by atoms with Crippen molar-refractivity contribution in [2.45, 2.75) is 26.6 Å². The van der Waals surface area contributed by atoms with Crippen molar-refractivity contribution < 1.29 is 14.2 Å². The Morgan fingerprint density at radius 3 is 2.47 bits per heavy atom. The molecule has 1 aromatic carbocycles. The maximum absolute atomic E-state index is 5.67. The van der Waals surface area contributed by atoms with Crippen LogP contribution in [0.1, 0.15) is 25.0 Å². The normalized spacial score (nSPS) is 17.1. The number of benzene rings is 1. The molecular weight excluding hydrogens is 242 g/mol. The van der Waals surface area contributed by atoms with Crippen molar-refractivity contribution >= 4 is 0 Å². The summed E-state index contributed by atoms with van der Waals surface area (Å²) in [5.74, 6) is 0.195. The Bertz CT molecular complexity index is 423. The molecule has 0 spiro atoms. The van der Waals surface area contributed by atoms with Crippen molar-refractivity contribution in [2.75, 3.05) is 20.3 Å². The number of ether oxygens (including phenoxy) is 3. The average molecular weight is 265 g/mol. The summed E-state index contributed by atoms with van der Waals surface area (Å²) in [7, 11) is 1.50. The Labute approximate surface area is 115 Å². The standard InChI is InChI=1S/C14H18O3.CH5N/c1-4-8-15-13-7-5-6-12(11(13)2)14(3)16-9-10-17-14;1-2/h4-8H,9-10H2,1-3H3;2H2,1H3. The molecule has 19 heavy (non-hydrogen) atoms. The van der Waals surface area contributed by atoms with E-state index in [1.807, 2.05) is 45.0 Å². The Morgan fingerprint density at radius 2 is 1.89 bits per heavy atom. The first-order chi connectivity index (χ1) is 9.17. The molecule has 1 aromatic rings. The number of rotatable bonds is 3. The SMILES string of the molecule is CC=COc1cccc(C2(C)OCCO2)c1C.CN. The third-order valence-electron chi connectivity index (χ3n) is 2.94. The molecule has 1 aliphatic rings. The highest BCUT2D eigenvalue weighted by Crippen LogP contribution is 2.36. The highest BCUT2D eigenvalue weighted by Gasteiger charge is 2.34. The fraction of sp³-hybridized carbons (Fsp3) is 0.467. The minimum absolute atomic E-state index is 0.635. The second-order valence-corrected chi connectivity index (χ2v) is 4.16. The van der Waals surface area contributed by atoms with E-state index in [9.17, 15) is 0 Å². The van der Waals surface area contributed by atoms with Gasteiger partial charge >= 0.3 is 0 Å². The van der Waals surface area contributed by atoms with Gasteiger partial charge in [0.1, 0.15) is 5.75 Å². The molecule has 1 heterocycles. The fourth-order valence-corrected chi connectivity index (χ4v) is 2.05. The summed E-state index contributed by atoms with van der Waals surface area (Å²) in [6, 6.07) is 5.91. The minimum Gasteiger partial charge on any atom is -0.465 e. The van der Waals surface area contributed by atoms with E-state index < -0.39 is 5.79 Å². The third kappa shape index (κ3) is 3.56. The first-order valence-corrected chi connectivity index (χ1v) is 6.41. The van der Waals surface area contributed by atoms with Gasteiger partial charge in [-0.25, -0.2) is 0 Å². The molecule has 0 aliphatic carbocycles. The zero-order valence-electron chi connectivity index (χ0n) is 12.1. The van der Waals surface area contributed by atoms with Crippen LogP contribution in [0.4, 0.5) is 0 Å².